The second-order valence-corrected chi connectivity index (χ2v) is 9.21. The van der Waals surface area contributed by atoms with Crippen molar-refractivity contribution in [1.29, 1.82) is 0 Å². The number of aryl methyl sites for hydroxylation is 1. The van der Waals surface area contributed by atoms with Crippen LogP contribution in [-0.4, -0.2) is 58.1 Å². The number of carbonyl (C=O) groups excluding carboxylic acids is 1. The van der Waals surface area contributed by atoms with Gasteiger partial charge in [-0.05, 0) is 53.2 Å². The lowest BCUT2D eigenvalue weighted by Crippen LogP contribution is -2.43. The average Bonchev–Trinajstić information content (AvgIpc) is 3.30. The van der Waals surface area contributed by atoms with Gasteiger partial charge in [0, 0.05) is 31.1 Å². The highest BCUT2D eigenvalue weighted by Crippen LogP contribution is 2.33. The van der Waals surface area contributed by atoms with Crippen molar-refractivity contribution < 1.29 is 4.79 Å². The second kappa shape index (κ2) is 13.4. The number of hydrogen-bond donors (Lipinski definition) is 3. The second-order valence-electron chi connectivity index (χ2n) is 8.43. The molecule has 0 saturated heterocycles. The number of hydrogen-bond acceptors (Lipinski definition) is 5. The van der Waals surface area contributed by atoms with Crippen molar-refractivity contribution in [3.05, 3.63) is 5.82 Å². The zero-order valence-electron chi connectivity index (χ0n) is 19.0. The molecular formula is C20H38IN7OS. The van der Waals surface area contributed by atoms with Gasteiger partial charge in [0.2, 0.25) is 5.91 Å². The van der Waals surface area contributed by atoms with Gasteiger partial charge in [0.15, 0.2) is 11.1 Å². The monoisotopic (exact) mass is 551 g/mol. The molecule has 1 aromatic rings. The Labute approximate surface area is 202 Å². The fourth-order valence-electron chi connectivity index (χ4n) is 3.55. The molecule has 1 saturated carbocycles. The quantitative estimate of drug-likeness (QED) is 0.144. The van der Waals surface area contributed by atoms with Crippen LogP contribution in [-0.2, 0) is 11.2 Å². The molecule has 2 rings (SSSR count). The summed E-state index contributed by atoms with van der Waals surface area (Å²) in [6.45, 7) is 9.53. The molecule has 1 amide bonds. The summed E-state index contributed by atoms with van der Waals surface area (Å²) in [5.74, 6) is 1.66. The molecule has 0 aromatic carbocycles. The SMILES string of the molecule is CCNC(=NCC(=O)NC(C)(C)C)NCCCc1nnc(SC)n1C1CCCC1.I. The fourth-order valence-corrected chi connectivity index (χ4v) is 4.12. The number of nitrogens with zero attached hydrogens (tertiary/aromatic N) is 4. The lowest BCUT2D eigenvalue weighted by molar-refractivity contribution is -0.121. The van der Waals surface area contributed by atoms with Crippen molar-refractivity contribution in [2.24, 2.45) is 4.99 Å². The maximum atomic E-state index is 12.0. The van der Waals surface area contributed by atoms with Gasteiger partial charge in [-0.1, -0.05) is 24.6 Å². The largest absolute Gasteiger partial charge is 0.357 e. The van der Waals surface area contributed by atoms with Gasteiger partial charge in [-0.25, -0.2) is 4.99 Å². The molecule has 1 aromatic heterocycles. The Balaban J connectivity index is 0.00000450. The summed E-state index contributed by atoms with van der Waals surface area (Å²) in [6.07, 6.45) is 8.91. The molecule has 0 unspecified atom stereocenters. The van der Waals surface area contributed by atoms with E-state index in [1.807, 2.05) is 27.7 Å². The van der Waals surface area contributed by atoms with Crippen LogP contribution in [0.2, 0.25) is 0 Å². The lowest BCUT2D eigenvalue weighted by Gasteiger charge is -2.20. The van der Waals surface area contributed by atoms with Gasteiger partial charge in [-0.15, -0.1) is 34.2 Å². The molecule has 0 spiro atoms. The summed E-state index contributed by atoms with van der Waals surface area (Å²) in [5, 5.41) is 19.3. The summed E-state index contributed by atoms with van der Waals surface area (Å²) >= 11 is 1.67. The number of nitrogens with one attached hydrogen (secondary N) is 3. The van der Waals surface area contributed by atoms with Crippen LogP contribution >= 0.6 is 35.7 Å². The number of thioether (sulfide) groups is 1. The van der Waals surface area contributed by atoms with Crippen molar-refractivity contribution in [3.8, 4) is 0 Å². The first-order valence-corrected chi connectivity index (χ1v) is 11.9. The van der Waals surface area contributed by atoms with Crippen LogP contribution in [0.3, 0.4) is 0 Å². The molecule has 0 atom stereocenters. The number of halogens is 1. The normalized spacial score (nSPS) is 15.0. The first-order chi connectivity index (χ1) is 13.8. The lowest BCUT2D eigenvalue weighted by atomic mass is 10.1. The van der Waals surface area contributed by atoms with Crippen LogP contribution in [0.4, 0.5) is 0 Å². The molecule has 1 aliphatic carbocycles. The molecule has 10 heteroatoms. The standard InChI is InChI=1S/C20H37N7OS.HI/c1-6-21-18(23-14-17(28)24-20(2,3)4)22-13-9-12-16-25-26-19(29-5)27(16)15-10-7-8-11-15;/h15H,6-14H2,1-5H3,(H,24,28)(H2,21,22,23);1H. The van der Waals surface area contributed by atoms with Crippen LogP contribution in [0, 0.1) is 0 Å². The minimum absolute atomic E-state index is 0. The van der Waals surface area contributed by atoms with Crippen LogP contribution in [0.15, 0.2) is 10.1 Å². The molecule has 3 N–H and O–H groups in total. The van der Waals surface area contributed by atoms with E-state index in [0.717, 1.165) is 36.9 Å². The van der Waals surface area contributed by atoms with E-state index in [1.54, 1.807) is 11.8 Å². The molecule has 1 heterocycles. The van der Waals surface area contributed by atoms with Gasteiger partial charge >= 0.3 is 0 Å². The molecule has 1 fully saturated rings. The number of carbonyl (C=O) groups is 1. The van der Waals surface area contributed by atoms with E-state index in [4.69, 9.17) is 0 Å². The topological polar surface area (TPSA) is 96.2 Å². The summed E-state index contributed by atoms with van der Waals surface area (Å²) in [7, 11) is 0. The Morgan fingerprint density at radius 2 is 1.93 bits per heavy atom. The number of guanidine groups is 1. The third kappa shape index (κ3) is 8.99. The molecule has 30 heavy (non-hydrogen) atoms. The first-order valence-electron chi connectivity index (χ1n) is 10.6. The summed E-state index contributed by atoms with van der Waals surface area (Å²) < 4.78 is 2.35. The molecule has 0 radical (unpaired) electrons. The van der Waals surface area contributed by atoms with E-state index in [-0.39, 0.29) is 42.0 Å². The maximum absolute atomic E-state index is 12.0. The van der Waals surface area contributed by atoms with Gasteiger partial charge in [-0.3, -0.25) is 4.79 Å². The van der Waals surface area contributed by atoms with Crippen molar-refractivity contribution in [2.75, 3.05) is 25.9 Å². The predicted molar refractivity (Wildman–Crippen MR) is 135 cm³/mol. The summed E-state index contributed by atoms with van der Waals surface area (Å²) in [5.41, 5.74) is -0.247. The van der Waals surface area contributed by atoms with Gasteiger partial charge in [0.05, 0.1) is 0 Å². The Kier molecular flexibility index (Phi) is 12.0. The number of amides is 1. The van der Waals surface area contributed by atoms with E-state index < -0.39 is 0 Å². The molecule has 172 valence electrons. The van der Waals surface area contributed by atoms with Crippen molar-refractivity contribution in [2.45, 2.75) is 83.0 Å². The van der Waals surface area contributed by atoms with Crippen LogP contribution in [0.5, 0.6) is 0 Å². The van der Waals surface area contributed by atoms with Crippen LogP contribution < -0.4 is 16.0 Å². The smallest absolute Gasteiger partial charge is 0.242 e. The average molecular weight is 552 g/mol. The van der Waals surface area contributed by atoms with E-state index >= 15 is 0 Å². The third-order valence-electron chi connectivity index (χ3n) is 4.72. The highest BCUT2D eigenvalue weighted by molar-refractivity contribution is 14.0. The Hall–Kier alpha value is -1.04. The van der Waals surface area contributed by atoms with E-state index in [2.05, 4.69) is 42.0 Å². The van der Waals surface area contributed by atoms with Gasteiger partial charge in [0.1, 0.15) is 12.4 Å². The Morgan fingerprint density at radius 3 is 2.53 bits per heavy atom. The maximum Gasteiger partial charge on any atom is 0.242 e. The molecule has 8 nitrogen and oxygen atoms in total. The van der Waals surface area contributed by atoms with E-state index in [0.29, 0.717) is 12.0 Å². The van der Waals surface area contributed by atoms with E-state index in [1.165, 1.54) is 25.7 Å². The van der Waals surface area contributed by atoms with Gasteiger partial charge in [-0.2, -0.15) is 0 Å². The third-order valence-corrected chi connectivity index (χ3v) is 5.36. The number of aromatic nitrogens is 3. The summed E-state index contributed by atoms with van der Waals surface area (Å²) in [6, 6.07) is 0.551. The Morgan fingerprint density at radius 1 is 1.23 bits per heavy atom. The number of rotatable bonds is 9. The zero-order valence-corrected chi connectivity index (χ0v) is 22.1. The highest BCUT2D eigenvalue weighted by Gasteiger charge is 2.23. The molecular weight excluding hydrogens is 513 g/mol. The van der Waals surface area contributed by atoms with Crippen molar-refractivity contribution >= 4 is 47.6 Å². The summed E-state index contributed by atoms with van der Waals surface area (Å²) in [4.78, 5) is 16.4. The fraction of sp³-hybridized carbons (Fsp3) is 0.800. The Bertz CT molecular complexity index is 681. The highest BCUT2D eigenvalue weighted by atomic mass is 127. The van der Waals surface area contributed by atoms with Crippen molar-refractivity contribution in [3.63, 3.8) is 0 Å². The van der Waals surface area contributed by atoms with Crippen molar-refractivity contribution in [1.82, 2.24) is 30.7 Å². The van der Waals surface area contributed by atoms with Crippen LogP contribution in [0.25, 0.3) is 0 Å². The van der Waals surface area contributed by atoms with Gasteiger partial charge in [0.25, 0.3) is 0 Å². The van der Waals surface area contributed by atoms with E-state index in [9.17, 15) is 4.79 Å². The molecule has 0 aliphatic heterocycles. The zero-order chi connectivity index (χ0) is 21.3. The first kappa shape index (κ1) is 27.0. The minimum atomic E-state index is -0.247. The minimum Gasteiger partial charge on any atom is -0.357 e. The van der Waals surface area contributed by atoms with Gasteiger partial charge < -0.3 is 20.5 Å². The predicted octanol–water partition coefficient (Wildman–Crippen LogP) is 3.14. The van der Waals surface area contributed by atoms with Crippen LogP contribution in [0.1, 0.15) is 71.7 Å². The number of aliphatic imine (C=N–C) groups is 1. The molecule has 0 bridgehead atoms. The molecule has 1 aliphatic rings.